The second-order valence-electron chi connectivity index (χ2n) is 11.8. The molecule has 4 saturated heterocycles. The van der Waals surface area contributed by atoms with Gasteiger partial charge in [-0.2, -0.15) is 0 Å². The zero-order chi connectivity index (χ0) is 21.9. The summed E-state index contributed by atoms with van der Waals surface area (Å²) in [5, 5.41) is 0. The van der Waals surface area contributed by atoms with E-state index in [4.69, 9.17) is 0 Å². The molecule has 0 aromatic carbocycles. The summed E-state index contributed by atoms with van der Waals surface area (Å²) in [5.41, 5.74) is 0. The van der Waals surface area contributed by atoms with Crippen LogP contribution in [0.1, 0.15) is 103 Å². The van der Waals surface area contributed by atoms with E-state index in [-0.39, 0.29) is 0 Å². The van der Waals surface area contributed by atoms with Crippen molar-refractivity contribution in [2.45, 2.75) is 115 Å². The van der Waals surface area contributed by atoms with E-state index >= 15 is 0 Å². The van der Waals surface area contributed by atoms with Gasteiger partial charge in [-0.15, -0.1) is 0 Å². The largest absolute Gasteiger partial charge is 0.299 e. The Balaban J connectivity index is 1.29. The molecule has 4 aliphatic heterocycles. The van der Waals surface area contributed by atoms with Crippen LogP contribution in [0, 0.1) is 23.7 Å². The minimum absolute atomic E-state index is 0.312. The molecule has 5 fully saturated rings. The first-order valence-corrected chi connectivity index (χ1v) is 14.3. The Bertz CT molecular complexity index is 608. The molecule has 0 unspecified atom stereocenters. The number of hydrogen-bond acceptors (Lipinski definition) is 4. The third-order valence-electron chi connectivity index (χ3n) is 9.97. The minimum Gasteiger partial charge on any atom is -0.299 e. The fourth-order valence-electron chi connectivity index (χ4n) is 8.48. The molecule has 1 aliphatic carbocycles. The van der Waals surface area contributed by atoms with Crippen molar-refractivity contribution in [1.82, 2.24) is 9.80 Å². The Labute approximate surface area is 195 Å². The van der Waals surface area contributed by atoms with Crippen molar-refractivity contribution in [3.8, 4) is 0 Å². The van der Waals surface area contributed by atoms with Crippen LogP contribution in [0.25, 0.3) is 0 Å². The molecule has 0 aromatic heterocycles. The molecule has 0 amide bonds. The number of rotatable bonds is 0. The van der Waals surface area contributed by atoms with Crippen LogP contribution in [0.2, 0.25) is 0 Å². The van der Waals surface area contributed by atoms with E-state index in [0.29, 0.717) is 35.5 Å². The molecule has 6 atom stereocenters. The second-order valence-corrected chi connectivity index (χ2v) is 11.8. The van der Waals surface area contributed by atoms with E-state index in [1.807, 2.05) is 0 Å². The van der Waals surface area contributed by atoms with E-state index in [2.05, 4.69) is 9.80 Å². The average Bonchev–Trinajstić information content (AvgIpc) is 2.80. The van der Waals surface area contributed by atoms with Gasteiger partial charge in [-0.1, -0.05) is 38.5 Å². The van der Waals surface area contributed by atoms with Crippen LogP contribution in [-0.4, -0.2) is 59.6 Å². The molecule has 4 heteroatoms. The van der Waals surface area contributed by atoms with Gasteiger partial charge in [-0.25, -0.2) is 0 Å². The Morgan fingerprint density at radius 3 is 1.34 bits per heavy atom. The number of carbonyl (C=O) groups is 2. The molecule has 5 aliphatic rings. The van der Waals surface area contributed by atoms with Gasteiger partial charge >= 0.3 is 0 Å². The second kappa shape index (κ2) is 10.7. The smallest absolute Gasteiger partial charge is 0.138 e. The number of carbonyl (C=O) groups excluding carboxylic acids is 2. The summed E-state index contributed by atoms with van der Waals surface area (Å²) in [6.07, 6.45) is 19.2. The van der Waals surface area contributed by atoms with Gasteiger partial charge in [0, 0.05) is 49.9 Å². The maximum absolute atomic E-state index is 13.0. The standard InChI is InChI=1S/C28H46N2O2/c31-25-15-19-30-18-8-12-22-10-4-2-6-14-24-26(32)16-20-29-17-7-11-21(27(24)29)9-3-1-5-13-23(25)28(22)30/h21-24,27-28H,1-20H2/t21-,22+,23+,24-,27+,28-. The van der Waals surface area contributed by atoms with Crippen molar-refractivity contribution < 1.29 is 9.59 Å². The lowest BCUT2D eigenvalue weighted by Crippen LogP contribution is -2.56. The predicted molar refractivity (Wildman–Crippen MR) is 129 cm³/mol. The summed E-state index contributed by atoms with van der Waals surface area (Å²) in [5.74, 6) is 3.22. The predicted octanol–water partition coefficient (Wildman–Crippen LogP) is 5.24. The van der Waals surface area contributed by atoms with Gasteiger partial charge in [-0.3, -0.25) is 19.4 Å². The van der Waals surface area contributed by atoms with Crippen molar-refractivity contribution >= 4 is 11.6 Å². The van der Waals surface area contributed by atoms with Crippen LogP contribution < -0.4 is 0 Å². The summed E-state index contributed by atoms with van der Waals surface area (Å²) in [7, 11) is 0. The van der Waals surface area contributed by atoms with Crippen LogP contribution >= 0.6 is 0 Å². The molecule has 0 bridgehead atoms. The van der Waals surface area contributed by atoms with Crippen molar-refractivity contribution in [2.75, 3.05) is 26.2 Å². The summed E-state index contributed by atoms with van der Waals surface area (Å²) in [6.45, 7) is 4.46. The van der Waals surface area contributed by atoms with Gasteiger partial charge in [0.05, 0.1) is 0 Å². The van der Waals surface area contributed by atoms with Crippen LogP contribution in [0.15, 0.2) is 0 Å². The molecule has 5 rings (SSSR count). The lowest BCUT2D eigenvalue weighted by molar-refractivity contribution is -0.133. The van der Waals surface area contributed by atoms with Crippen LogP contribution in [0.3, 0.4) is 0 Å². The highest BCUT2D eigenvalue weighted by atomic mass is 16.1. The maximum Gasteiger partial charge on any atom is 0.138 e. The van der Waals surface area contributed by atoms with E-state index in [1.54, 1.807) is 0 Å². The first-order valence-electron chi connectivity index (χ1n) is 14.3. The summed E-state index contributed by atoms with van der Waals surface area (Å²) >= 11 is 0. The zero-order valence-corrected chi connectivity index (χ0v) is 20.3. The third-order valence-corrected chi connectivity index (χ3v) is 9.97. The van der Waals surface area contributed by atoms with E-state index in [0.717, 1.165) is 50.6 Å². The van der Waals surface area contributed by atoms with E-state index < -0.39 is 0 Å². The minimum atomic E-state index is 0.312. The Kier molecular flexibility index (Phi) is 7.68. The number of hydrogen-bond donors (Lipinski definition) is 0. The van der Waals surface area contributed by atoms with Gasteiger partial charge in [-0.05, 0) is 76.3 Å². The van der Waals surface area contributed by atoms with E-state index in [1.165, 1.54) is 90.1 Å². The zero-order valence-electron chi connectivity index (χ0n) is 20.3. The van der Waals surface area contributed by atoms with Crippen molar-refractivity contribution in [3.05, 3.63) is 0 Å². The first-order chi connectivity index (χ1) is 15.7. The third kappa shape index (κ3) is 4.87. The summed E-state index contributed by atoms with van der Waals surface area (Å²) < 4.78 is 0. The lowest BCUT2D eigenvalue weighted by Gasteiger charge is -2.49. The fourth-order valence-corrected chi connectivity index (χ4v) is 8.48. The molecule has 180 valence electrons. The SMILES string of the molecule is O=C1CCN2CCC[C@H]3CCCCC[C@H]4C(=O)CCN5CCC[C@H](CCCCC[C@H]1[C@H]32)[C@H]45. The number of piperidine rings is 4. The van der Waals surface area contributed by atoms with Gasteiger partial charge in [0.1, 0.15) is 11.6 Å². The first kappa shape index (κ1) is 23.0. The molecule has 0 N–H and O–H groups in total. The molecule has 0 radical (unpaired) electrons. The van der Waals surface area contributed by atoms with Gasteiger partial charge in [0.2, 0.25) is 0 Å². The molecule has 32 heavy (non-hydrogen) atoms. The normalized spacial score (nSPS) is 41.0. The maximum atomic E-state index is 13.0. The van der Waals surface area contributed by atoms with Gasteiger partial charge in [0.15, 0.2) is 0 Å². The Morgan fingerprint density at radius 1 is 0.469 bits per heavy atom. The van der Waals surface area contributed by atoms with Crippen LogP contribution in [-0.2, 0) is 9.59 Å². The molecule has 0 aromatic rings. The van der Waals surface area contributed by atoms with E-state index in [9.17, 15) is 9.59 Å². The molecule has 0 spiro atoms. The van der Waals surface area contributed by atoms with Crippen molar-refractivity contribution in [2.24, 2.45) is 23.7 Å². The average molecular weight is 443 g/mol. The number of nitrogens with zero attached hydrogens (tertiary/aromatic N) is 2. The highest BCUT2D eigenvalue weighted by molar-refractivity contribution is 5.83. The Hall–Kier alpha value is -0.740. The molecule has 4 nitrogen and oxygen atoms in total. The summed E-state index contributed by atoms with van der Waals surface area (Å²) in [6, 6.07) is 1.07. The molecular formula is C28H46N2O2. The van der Waals surface area contributed by atoms with Gasteiger partial charge in [0.25, 0.3) is 0 Å². The fraction of sp³-hybridized carbons (Fsp3) is 0.929. The monoisotopic (exact) mass is 442 g/mol. The lowest BCUT2D eigenvalue weighted by atomic mass is 9.71. The van der Waals surface area contributed by atoms with Crippen molar-refractivity contribution in [3.63, 3.8) is 0 Å². The topological polar surface area (TPSA) is 40.6 Å². The summed E-state index contributed by atoms with van der Waals surface area (Å²) in [4.78, 5) is 31.3. The highest BCUT2D eigenvalue weighted by Crippen LogP contribution is 2.41. The van der Waals surface area contributed by atoms with Gasteiger partial charge < -0.3 is 0 Å². The van der Waals surface area contributed by atoms with Crippen molar-refractivity contribution in [1.29, 1.82) is 0 Å². The molecule has 4 heterocycles. The molecular weight excluding hydrogens is 396 g/mol. The Morgan fingerprint density at radius 2 is 0.875 bits per heavy atom. The molecule has 1 saturated carbocycles. The number of Topliss-reactive ketones (excluding diaryl/α,β-unsaturated/α-hetero) is 2. The van der Waals surface area contributed by atoms with Crippen LogP contribution in [0.5, 0.6) is 0 Å². The quantitative estimate of drug-likeness (QED) is 0.514. The number of ketones is 2. The highest BCUT2D eigenvalue weighted by Gasteiger charge is 2.44. The van der Waals surface area contributed by atoms with Crippen LogP contribution in [0.4, 0.5) is 0 Å².